The van der Waals surface area contributed by atoms with Crippen LogP contribution in [0.25, 0.3) is 0 Å². The Morgan fingerprint density at radius 1 is 1.50 bits per heavy atom. The van der Waals surface area contributed by atoms with Crippen molar-refractivity contribution < 1.29 is 19.4 Å². The number of ether oxygens (including phenoxy) is 2. The molecule has 0 aliphatic heterocycles. The summed E-state index contributed by atoms with van der Waals surface area (Å²) in [5.41, 5.74) is -0.499. The third kappa shape index (κ3) is 4.92. The van der Waals surface area contributed by atoms with Gasteiger partial charge in [0.1, 0.15) is 6.61 Å². The summed E-state index contributed by atoms with van der Waals surface area (Å²) in [4.78, 5) is 10.9. The average Bonchev–Trinajstić information content (AvgIpc) is 2.21. The lowest BCUT2D eigenvalue weighted by Crippen LogP contribution is -2.46. The van der Waals surface area contributed by atoms with Crippen molar-refractivity contribution >= 4 is 5.97 Å². The maximum absolute atomic E-state index is 10.9. The number of rotatable bonds is 8. The third-order valence-electron chi connectivity index (χ3n) is 2.69. The van der Waals surface area contributed by atoms with Crippen LogP contribution in [-0.2, 0) is 14.3 Å². The second-order valence-corrected chi connectivity index (χ2v) is 4.11. The highest BCUT2D eigenvalue weighted by Gasteiger charge is 2.33. The van der Waals surface area contributed by atoms with E-state index in [1.165, 1.54) is 0 Å². The number of nitrogens with one attached hydrogen (secondary N) is 1. The summed E-state index contributed by atoms with van der Waals surface area (Å²) >= 11 is 0. The van der Waals surface area contributed by atoms with Crippen LogP contribution in [0.1, 0.15) is 26.2 Å². The first kappa shape index (κ1) is 13.4. The summed E-state index contributed by atoms with van der Waals surface area (Å²) in [5, 5.41) is 12.9. The molecule has 0 amide bonds. The Labute approximate surface area is 96.1 Å². The monoisotopic (exact) mass is 231 g/mol. The largest absolute Gasteiger partial charge is 0.464 e. The summed E-state index contributed by atoms with van der Waals surface area (Å²) in [6.07, 6.45) is 2.87. The van der Waals surface area contributed by atoms with Gasteiger partial charge >= 0.3 is 5.97 Å². The molecule has 0 saturated heterocycles. The molecule has 0 bridgehead atoms. The highest BCUT2D eigenvalue weighted by molar-refractivity contribution is 5.70. The molecule has 0 unspecified atom stereocenters. The SMILES string of the molecule is CCOC(=O)COCCNCC1(O)CCC1. The van der Waals surface area contributed by atoms with Crippen LogP contribution in [0.5, 0.6) is 0 Å². The minimum absolute atomic E-state index is 0.000210. The maximum Gasteiger partial charge on any atom is 0.332 e. The van der Waals surface area contributed by atoms with E-state index >= 15 is 0 Å². The van der Waals surface area contributed by atoms with E-state index in [1.807, 2.05) is 0 Å². The predicted molar refractivity (Wildman–Crippen MR) is 59.1 cm³/mol. The van der Waals surface area contributed by atoms with Gasteiger partial charge < -0.3 is 19.9 Å². The number of hydrogen-bond donors (Lipinski definition) is 2. The molecule has 1 aliphatic carbocycles. The normalized spacial score (nSPS) is 17.9. The zero-order valence-electron chi connectivity index (χ0n) is 9.83. The molecule has 1 saturated carbocycles. The first-order chi connectivity index (χ1) is 7.66. The summed E-state index contributed by atoms with van der Waals surface area (Å²) in [7, 11) is 0. The predicted octanol–water partition coefficient (Wildman–Crippen LogP) is 0.0707. The van der Waals surface area contributed by atoms with Crippen LogP contribution >= 0.6 is 0 Å². The first-order valence-corrected chi connectivity index (χ1v) is 5.83. The summed E-state index contributed by atoms with van der Waals surface area (Å²) in [5.74, 6) is -0.333. The molecule has 16 heavy (non-hydrogen) atoms. The van der Waals surface area contributed by atoms with Gasteiger partial charge in [-0.05, 0) is 26.2 Å². The van der Waals surface area contributed by atoms with Crippen LogP contribution in [0, 0.1) is 0 Å². The van der Waals surface area contributed by atoms with Crippen molar-refractivity contribution in [2.24, 2.45) is 0 Å². The van der Waals surface area contributed by atoms with Gasteiger partial charge in [0.2, 0.25) is 0 Å². The topological polar surface area (TPSA) is 67.8 Å². The Morgan fingerprint density at radius 3 is 2.81 bits per heavy atom. The quantitative estimate of drug-likeness (QED) is 0.457. The Balaban J connectivity index is 1.86. The second kappa shape index (κ2) is 6.83. The van der Waals surface area contributed by atoms with Crippen molar-refractivity contribution in [3.63, 3.8) is 0 Å². The number of carbonyl (C=O) groups is 1. The minimum atomic E-state index is -0.499. The number of aliphatic hydroxyl groups is 1. The van der Waals surface area contributed by atoms with Gasteiger partial charge in [0.15, 0.2) is 0 Å². The lowest BCUT2D eigenvalue weighted by molar-refractivity contribution is -0.148. The molecule has 0 aromatic carbocycles. The van der Waals surface area contributed by atoms with Crippen LogP contribution < -0.4 is 5.32 Å². The number of esters is 1. The van der Waals surface area contributed by atoms with Crippen molar-refractivity contribution in [2.75, 3.05) is 32.9 Å². The van der Waals surface area contributed by atoms with E-state index in [1.54, 1.807) is 6.92 Å². The fourth-order valence-corrected chi connectivity index (χ4v) is 1.59. The van der Waals surface area contributed by atoms with Crippen molar-refractivity contribution in [1.82, 2.24) is 5.32 Å². The van der Waals surface area contributed by atoms with E-state index in [2.05, 4.69) is 5.32 Å². The van der Waals surface area contributed by atoms with Crippen LogP contribution in [0.4, 0.5) is 0 Å². The van der Waals surface area contributed by atoms with Crippen molar-refractivity contribution in [2.45, 2.75) is 31.8 Å². The highest BCUT2D eigenvalue weighted by Crippen LogP contribution is 2.30. The van der Waals surface area contributed by atoms with E-state index < -0.39 is 5.60 Å². The molecule has 0 heterocycles. The first-order valence-electron chi connectivity index (χ1n) is 5.83. The van der Waals surface area contributed by atoms with Crippen molar-refractivity contribution in [1.29, 1.82) is 0 Å². The molecule has 1 rings (SSSR count). The van der Waals surface area contributed by atoms with Gasteiger partial charge in [-0.3, -0.25) is 0 Å². The molecule has 94 valence electrons. The zero-order valence-corrected chi connectivity index (χ0v) is 9.83. The molecule has 2 N–H and O–H groups in total. The Morgan fingerprint density at radius 2 is 2.25 bits per heavy atom. The van der Waals surface area contributed by atoms with Gasteiger partial charge in [-0.2, -0.15) is 0 Å². The van der Waals surface area contributed by atoms with E-state index in [0.29, 0.717) is 26.3 Å². The second-order valence-electron chi connectivity index (χ2n) is 4.11. The zero-order chi connectivity index (χ0) is 11.9. The Kier molecular flexibility index (Phi) is 5.73. The van der Waals surface area contributed by atoms with E-state index in [4.69, 9.17) is 9.47 Å². The molecule has 0 atom stereocenters. The summed E-state index contributed by atoms with van der Waals surface area (Å²) in [6, 6.07) is 0. The molecular formula is C11H21NO4. The summed E-state index contributed by atoms with van der Waals surface area (Å²) in [6.45, 7) is 3.85. The number of hydrogen-bond acceptors (Lipinski definition) is 5. The maximum atomic E-state index is 10.9. The molecule has 1 fully saturated rings. The fourth-order valence-electron chi connectivity index (χ4n) is 1.59. The minimum Gasteiger partial charge on any atom is -0.464 e. The van der Waals surface area contributed by atoms with Gasteiger partial charge in [0.25, 0.3) is 0 Å². The molecular weight excluding hydrogens is 210 g/mol. The lowest BCUT2D eigenvalue weighted by Gasteiger charge is -2.36. The van der Waals surface area contributed by atoms with Crippen molar-refractivity contribution in [3.8, 4) is 0 Å². The van der Waals surface area contributed by atoms with Gasteiger partial charge in [-0.1, -0.05) is 0 Å². The van der Waals surface area contributed by atoms with Gasteiger partial charge in [-0.25, -0.2) is 4.79 Å². The van der Waals surface area contributed by atoms with Gasteiger partial charge in [0.05, 0.1) is 18.8 Å². The molecule has 5 nitrogen and oxygen atoms in total. The molecule has 0 aromatic rings. The van der Waals surface area contributed by atoms with Crippen LogP contribution in [0.15, 0.2) is 0 Å². The Hall–Kier alpha value is -0.650. The van der Waals surface area contributed by atoms with E-state index in [0.717, 1.165) is 19.3 Å². The molecule has 5 heteroatoms. The Bertz CT molecular complexity index is 216. The molecule has 1 aliphatic rings. The standard InChI is InChI=1S/C11H21NO4/c1-2-16-10(13)8-15-7-6-12-9-11(14)4-3-5-11/h12,14H,2-9H2,1H3. The van der Waals surface area contributed by atoms with E-state index in [9.17, 15) is 9.90 Å². The molecule has 0 radical (unpaired) electrons. The van der Waals surface area contributed by atoms with E-state index in [-0.39, 0.29) is 12.6 Å². The van der Waals surface area contributed by atoms with Gasteiger partial charge in [-0.15, -0.1) is 0 Å². The number of carbonyl (C=O) groups excluding carboxylic acids is 1. The lowest BCUT2D eigenvalue weighted by atomic mass is 9.80. The molecule has 0 aromatic heterocycles. The highest BCUT2D eigenvalue weighted by atomic mass is 16.6. The smallest absolute Gasteiger partial charge is 0.332 e. The average molecular weight is 231 g/mol. The third-order valence-corrected chi connectivity index (χ3v) is 2.69. The fraction of sp³-hybridized carbons (Fsp3) is 0.909. The van der Waals surface area contributed by atoms with Crippen LogP contribution in [0.3, 0.4) is 0 Å². The van der Waals surface area contributed by atoms with Crippen molar-refractivity contribution in [3.05, 3.63) is 0 Å². The molecule has 0 spiro atoms. The van der Waals surface area contributed by atoms with Crippen LogP contribution in [0.2, 0.25) is 0 Å². The summed E-state index contributed by atoms with van der Waals surface area (Å²) < 4.78 is 9.80. The van der Waals surface area contributed by atoms with Gasteiger partial charge in [0, 0.05) is 13.1 Å². The van der Waals surface area contributed by atoms with Crippen LogP contribution in [-0.4, -0.2) is 49.6 Å².